The average molecular weight is 368 g/mol. The van der Waals surface area contributed by atoms with Gasteiger partial charge in [0.15, 0.2) is 0 Å². The lowest BCUT2D eigenvalue weighted by Crippen LogP contribution is -2.22. The maximum absolute atomic E-state index is 4.52. The van der Waals surface area contributed by atoms with Crippen LogP contribution in [-0.2, 0) is 0 Å². The van der Waals surface area contributed by atoms with Gasteiger partial charge in [-0.25, -0.2) is 4.40 Å². The van der Waals surface area contributed by atoms with Crippen molar-refractivity contribution in [2.24, 2.45) is 16.2 Å². The number of thiol groups is 1. The van der Waals surface area contributed by atoms with Crippen LogP contribution in [0.4, 0.5) is 0 Å². The molecule has 2 heteroatoms. The molecule has 1 aliphatic carbocycles. The molecule has 0 spiro atoms. The first-order valence-corrected chi connectivity index (χ1v) is 11.9. The fourth-order valence-corrected chi connectivity index (χ4v) is 4.78. The number of unbranched alkanes of at least 4 members (excludes halogenated alkanes) is 5. The van der Waals surface area contributed by atoms with Gasteiger partial charge in [0.25, 0.3) is 0 Å². The van der Waals surface area contributed by atoms with E-state index in [0.717, 1.165) is 0 Å². The van der Waals surface area contributed by atoms with Crippen LogP contribution in [-0.4, -0.2) is 5.71 Å². The van der Waals surface area contributed by atoms with Gasteiger partial charge in [-0.1, -0.05) is 110 Å². The summed E-state index contributed by atoms with van der Waals surface area (Å²) in [7, 11) is 0. The Hall–Kier alpha value is 0.0200. The monoisotopic (exact) mass is 367 g/mol. The van der Waals surface area contributed by atoms with Gasteiger partial charge >= 0.3 is 0 Å². The minimum Gasteiger partial charge on any atom is -0.228 e. The first kappa shape index (κ1) is 23.1. The van der Waals surface area contributed by atoms with E-state index in [2.05, 4.69) is 31.1 Å². The van der Waals surface area contributed by atoms with E-state index in [1.807, 2.05) is 0 Å². The van der Waals surface area contributed by atoms with E-state index in [0.29, 0.717) is 11.8 Å². The molecule has 0 radical (unpaired) electrons. The van der Waals surface area contributed by atoms with Crippen LogP contribution in [0.1, 0.15) is 129 Å². The van der Waals surface area contributed by atoms with Gasteiger partial charge in [-0.05, 0) is 43.9 Å². The topological polar surface area (TPSA) is 12.4 Å². The molecule has 0 saturated heterocycles. The number of rotatable bonds is 9. The summed E-state index contributed by atoms with van der Waals surface area (Å²) in [6, 6.07) is 0. The van der Waals surface area contributed by atoms with Crippen molar-refractivity contribution in [2.45, 2.75) is 129 Å². The van der Waals surface area contributed by atoms with E-state index in [-0.39, 0.29) is 0 Å². The van der Waals surface area contributed by atoms with Crippen molar-refractivity contribution in [3.05, 3.63) is 0 Å². The van der Waals surface area contributed by atoms with Crippen LogP contribution >= 0.6 is 12.8 Å². The molecule has 148 valence electrons. The van der Waals surface area contributed by atoms with Crippen molar-refractivity contribution in [3.8, 4) is 0 Å². The van der Waals surface area contributed by atoms with Crippen molar-refractivity contribution in [1.29, 1.82) is 0 Å². The molecular weight excluding hydrogens is 322 g/mol. The van der Waals surface area contributed by atoms with Crippen LogP contribution in [0.25, 0.3) is 0 Å². The van der Waals surface area contributed by atoms with Crippen LogP contribution < -0.4 is 0 Å². The van der Waals surface area contributed by atoms with Crippen LogP contribution in [0, 0.1) is 11.8 Å². The van der Waals surface area contributed by atoms with Crippen LogP contribution in [0.5, 0.6) is 0 Å². The highest BCUT2D eigenvalue weighted by Crippen LogP contribution is 2.27. The fourth-order valence-electron chi connectivity index (χ4n) is 4.42. The van der Waals surface area contributed by atoms with Crippen molar-refractivity contribution in [3.63, 3.8) is 0 Å². The standard InChI is InChI=1S/C23H45NS/c1-3-4-5-6-12-15-18-21(2)23(24-25)22-19-16-13-10-8-7-9-11-14-17-20-22/h21-22,25H,3-20H2,1-2H3. The summed E-state index contributed by atoms with van der Waals surface area (Å²) in [5, 5.41) is 0. The van der Waals surface area contributed by atoms with E-state index < -0.39 is 0 Å². The molecule has 1 rings (SSSR count). The Balaban J connectivity index is 2.40. The average Bonchev–Trinajstić information content (AvgIpc) is 2.60. The summed E-state index contributed by atoms with van der Waals surface area (Å²) in [6.07, 6.45) is 25.2. The third-order valence-electron chi connectivity index (χ3n) is 6.13. The highest BCUT2D eigenvalue weighted by Gasteiger charge is 2.21. The van der Waals surface area contributed by atoms with E-state index >= 15 is 0 Å². The second-order valence-corrected chi connectivity index (χ2v) is 8.64. The molecule has 25 heavy (non-hydrogen) atoms. The highest BCUT2D eigenvalue weighted by atomic mass is 32.1. The Morgan fingerprint density at radius 1 is 0.800 bits per heavy atom. The van der Waals surface area contributed by atoms with Crippen LogP contribution in [0.15, 0.2) is 4.40 Å². The number of hydrogen-bond acceptors (Lipinski definition) is 2. The second kappa shape index (κ2) is 16.2. The molecule has 0 N–H and O–H groups in total. The maximum Gasteiger partial charge on any atom is 0.0318 e. The first-order chi connectivity index (χ1) is 12.3. The second-order valence-electron chi connectivity index (χ2n) is 8.44. The molecule has 0 aliphatic heterocycles. The van der Waals surface area contributed by atoms with Crippen molar-refractivity contribution in [2.75, 3.05) is 0 Å². The van der Waals surface area contributed by atoms with Crippen molar-refractivity contribution >= 4 is 18.5 Å². The lowest BCUT2D eigenvalue weighted by atomic mass is 9.82. The quantitative estimate of drug-likeness (QED) is 0.238. The van der Waals surface area contributed by atoms with E-state index in [9.17, 15) is 0 Å². The fraction of sp³-hybridized carbons (Fsp3) is 0.957. The molecule has 1 aliphatic rings. The van der Waals surface area contributed by atoms with E-state index in [4.69, 9.17) is 0 Å². The van der Waals surface area contributed by atoms with Gasteiger partial charge in [-0.2, -0.15) is 0 Å². The minimum atomic E-state index is 0.626. The van der Waals surface area contributed by atoms with Gasteiger partial charge in [-0.3, -0.25) is 0 Å². The molecule has 0 bridgehead atoms. The third-order valence-corrected chi connectivity index (χ3v) is 6.37. The molecule has 1 unspecified atom stereocenters. The zero-order valence-electron chi connectivity index (χ0n) is 17.3. The SMILES string of the molecule is CCCCCCCCC(C)C(=NS)C1CCCCCCCCCCC1. The number of hydrogen-bond donors (Lipinski definition) is 1. The smallest absolute Gasteiger partial charge is 0.0318 e. The lowest BCUT2D eigenvalue weighted by Gasteiger charge is -2.24. The van der Waals surface area contributed by atoms with E-state index in [1.54, 1.807) is 0 Å². The molecule has 1 saturated carbocycles. The normalized spacial score (nSPS) is 20.7. The third kappa shape index (κ3) is 11.4. The Morgan fingerprint density at radius 3 is 1.80 bits per heavy atom. The Morgan fingerprint density at radius 2 is 1.28 bits per heavy atom. The van der Waals surface area contributed by atoms with Crippen molar-refractivity contribution < 1.29 is 0 Å². The largest absolute Gasteiger partial charge is 0.228 e. The Bertz CT molecular complexity index is 314. The summed E-state index contributed by atoms with van der Waals surface area (Å²) in [5.74, 6) is 1.33. The van der Waals surface area contributed by atoms with Gasteiger partial charge in [0.1, 0.15) is 0 Å². The summed E-state index contributed by atoms with van der Waals surface area (Å²) in [6.45, 7) is 4.69. The highest BCUT2D eigenvalue weighted by molar-refractivity contribution is 7.79. The van der Waals surface area contributed by atoms with E-state index in [1.165, 1.54) is 121 Å². The molecule has 1 nitrogen and oxygen atoms in total. The van der Waals surface area contributed by atoms with Gasteiger partial charge in [0, 0.05) is 5.71 Å². The van der Waals surface area contributed by atoms with Gasteiger partial charge in [0.05, 0.1) is 0 Å². The Labute approximate surface area is 164 Å². The predicted octanol–water partition coefficient (Wildman–Crippen LogP) is 8.58. The maximum atomic E-state index is 4.52. The first-order valence-electron chi connectivity index (χ1n) is 11.5. The molecule has 0 aromatic rings. The lowest BCUT2D eigenvalue weighted by molar-refractivity contribution is 0.449. The predicted molar refractivity (Wildman–Crippen MR) is 118 cm³/mol. The van der Waals surface area contributed by atoms with Gasteiger partial charge in [-0.15, -0.1) is 0 Å². The minimum absolute atomic E-state index is 0.626. The molecule has 1 atom stereocenters. The zero-order valence-corrected chi connectivity index (χ0v) is 18.2. The molecule has 1 fully saturated rings. The molecule has 0 heterocycles. The zero-order chi connectivity index (χ0) is 18.2. The molecule has 0 aromatic heterocycles. The van der Waals surface area contributed by atoms with Gasteiger partial charge < -0.3 is 0 Å². The van der Waals surface area contributed by atoms with Crippen molar-refractivity contribution in [1.82, 2.24) is 0 Å². The summed E-state index contributed by atoms with van der Waals surface area (Å²) < 4.78 is 4.52. The summed E-state index contributed by atoms with van der Waals surface area (Å²) >= 11 is 4.39. The molecule has 0 amide bonds. The summed E-state index contributed by atoms with van der Waals surface area (Å²) in [5.41, 5.74) is 1.42. The molecular formula is C23H45NS. The summed E-state index contributed by atoms with van der Waals surface area (Å²) in [4.78, 5) is 0. The number of nitrogens with zero attached hydrogens (tertiary/aromatic N) is 1. The van der Waals surface area contributed by atoms with Crippen LogP contribution in [0.2, 0.25) is 0 Å². The molecule has 0 aromatic carbocycles. The Kier molecular flexibility index (Phi) is 15.0. The van der Waals surface area contributed by atoms with Gasteiger partial charge in [0.2, 0.25) is 0 Å². The van der Waals surface area contributed by atoms with Crippen LogP contribution in [0.3, 0.4) is 0 Å².